The number of carbonyl (C=O) groups is 1. The Morgan fingerprint density at radius 2 is 1.89 bits per heavy atom. The first kappa shape index (κ1) is 17.2. The third-order valence-corrected chi connectivity index (χ3v) is 1.75. The Kier molecular flexibility index (Phi) is 6.84. The zero-order valence-electron chi connectivity index (χ0n) is 10.2. The van der Waals surface area contributed by atoms with Crippen LogP contribution in [0.1, 0.15) is 6.92 Å². The number of halogens is 4. The quantitative estimate of drug-likeness (QED) is 0.879. The van der Waals surface area contributed by atoms with Crippen LogP contribution in [0.4, 0.5) is 19.0 Å². The number of imidazole rings is 1. The van der Waals surface area contributed by atoms with Gasteiger partial charge < -0.3 is 10.1 Å². The van der Waals surface area contributed by atoms with Gasteiger partial charge in [0.25, 0.3) is 0 Å². The van der Waals surface area contributed by atoms with Crippen molar-refractivity contribution in [2.24, 2.45) is 0 Å². The van der Waals surface area contributed by atoms with Crippen LogP contribution >= 0.6 is 11.6 Å². The van der Waals surface area contributed by atoms with E-state index in [9.17, 15) is 13.2 Å². The Labute approximate surface area is 112 Å². The average Bonchev–Trinajstić information content (AvgIpc) is 2.71. The maximum atomic E-state index is 10.4. The van der Waals surface area contributed by atoms with E-state index in [2.05, 4.69) is 15.4 Å². The summed E-state index contributed by atoms with van der Waals surface area (Å²) < 4.78 is 32.7. The lowest BCUT2D eigenvalue weighted by Crippen LogP contribution is -1.95. The Morgan fingerprint density at radius 1 is 1.37 bits per heavy atom. The fourth-order valence-corrected chi connectivity index (χ4v) is 1.12. The molecule has 0 atom stereocenters. The molecule has 2 heterocycles. The summed E-state index contributed by atoms with van der Waals surface area (Å²) in [6.45, 7) is 2.19. The minimum Gasteiger partial charge on any atom is -0.372 e. The highest BCUT2D eigenvalue weighted by atomic mass is 35.5. The van der Waals surface area contributed by atoms with Crippen LogP contribution < -0.4 is 5.32 Å². The molecule has 0 aliphatic carbocycles. The van der Waals surface area contributed by atoms with Crippen LogP contribution in [-0.2, 0) is 4.79 Å². The number of aromatic nitrogens is 3. The fourth-order valence-electron chi connectivity index (χ4n) is 0.979. The van der Waals surface area contributed by atoms with Gasteiger partial charge in [-0.1, -0.05) is 11.6 Å². The Bertz CT molecular complexity index is 509. The fraction of sp³-hybridized carbons (Fsp3) is 0.300. The summed E-state index contributed by atoms with van der Waals surface area (Å²) in [7, 11) is 1.81. The Hall–Kier alpha value is -1.83. The van der Waals surface area contributed by atoms with Crippen molar-refractivity contribution in [3.8, 4) is 0 Å². The molecule has 2 aromatic heterocycles. The molecular weight excluding hydrogens is 285 g/mol. The lowest BCUT2D eigenvalue weighted by atomic mass is 10.6. The molecule has 0 aromatic carbocycles. The molecule has 2 rings (SSSR count). The topological polar surface area (TPSA) is 59.3 Å². The van der Waals surface area contributed by atoms with Gasteiger partial charge in [0.2, 0.25) is 0 Å². The van der Waals surface area contributed by atoms with E-state index >= 15 is 0 Å². The number of hydrogen-bond acceptors (Lipinski definition) is 4. The number of alkyl halides is 3. The molecule has 5 nitrogen and oxygen atoms in total. The zero-order chi connectivity index (χ0) is 15.1. The van der Waals surface area contributed by atoms with E-state index in [0.717, 1.165) is 11.5 Å². The molecule has 0 saturated heterocycles. The van der Waals surface area contributed by atoms with Crippen LogP contribution in [0.3, 0.4) is 0 Å². The van der Waals surface area contributed by atoms with E-state index in [0.29, 0.717) is 5.15 Å². The van der Waals surface area contributed by atoms with Gasteiger partial charge in [-0.15, -0.1) is 0 Å². The van der Waals surface area contributed by atoms with Gasteiger partial charge in [-0.25, -0.2) is 9.50 Å². The third-order valence-electron chi connectivity index (χ3n) is 1.54. The van der Waals surface area contributed by atoms with Crippen LogP contribution in [0.2, 0.25) is 5.15 Å². The largest absolute Gasteiger partial charge is 0.386 e. The number of nitrogens with zero attached hydrogens (tertiary/aromatic N) is 3. The van der Waals surface area contributed by atoms with Gasteiger partial charge in [-0.05, 0) is 12.1 Å². The molecule has 9 heteroatoms. The van der Waals surface area contributed by atoms with Crippen molar-refractivity contribution in [1.29, 1.82) is 0 Å². The van der Waals surface area contributed by atoms with Crippen molar-refractivity contribution in [3.05, 3.63) is 23.5 Å². The summed E-state index contributed by atoms with van der Waals surface area (Å²) in [6, 6.07) is 3.53. The Balaban J connectivity index is 0.000000396. The predicted octanol–water partition coefficient (Wildman–Crippen LogP) is 2.81. The lowest BCUT2D eigenvalue weighted by molar-refractivity contribution is -0.110. The second kappa shape index (κ2) is 7.57. The second-order valence-electron chi connectivity index (χ2n) is 3.12. The predicted molar refractivity (Wildman–Crippen MR) is 66.4 cm³/mol. The number of hydrogen-bond donors (Lipinski definition) is 1. The summed E-state index contributed by atoms with van der Waals surface area (Å²) >= 11 is 5.69. The summed E-state index contributed by atoms with van der Waals surface area (Å²) in [6.07, 6.45) is -2.22. The highest BCUT2D eigenvalue weighted by Gasteiger charge is 2.15. The minimum atomic E-state index is -4.00. The van der Waals surface area contributed by atoms with Gasteiger partial charge in [0.1, 0.15) is 17.8 Å². The monoisotopic (exact) mass is 296 g/mol. The summed E-state index contributed by atoms with van der Waals surface area (Å²) in [5, 5.41) is 7.41. The first-order chi connectivity index (χ1) is 8.79. The van der Waals surface area contributed by atoms with Gasteiger partial charge in [0, 0.05) is 14.0 Å². The minimum absolute atomic E-state index is 0.188. The highest BCUT2D eigenvalue weighted by Crippen LogP contribution is 2.10. The molecule has 0 bridgehead atoms. The molecule has 19 heavy (non-hydrogen) atoms. The summed E-state index contributed by atoms with van der Waals surface area (Å²) in [4.78, 5) is 12.2. The zero-order valence-corrected chi connectivity index (χ0v) is 11.0. The standard InChI is InChI=1S/C7H7ClN4.C2H3F3.CH2O/c1-9-6-4-12-7(10-6)3-2-5(8)11-12;1-2(3,4)5;1-2/h2-4,9H,1H3;1H3;1H2. The number of rotatable bonds is 1. The maximum Gasteiger partial charge on any atom is 0.386 e. The van der Waals surface area contributed by atoms with Crippen LogP contribution in [0, 0.1) is 0 Å². The first-order valence-electron chi connectivity index (χ1n) is 4.85. The van der Waals surface area contributed by atoms with E-state index in [4.69, 9.17) is 16.4 Å². The van der Waals surface area contributed by atoms with Crippen molar-refractivity contribution in [1.82, 2.24) is 14.6 Å². The van der Waals surface area contributed by atoms with Crippen LogP contribution in [0.25, 0.3) is 5.65 Å². The molecular formula is C10H12ClF3N4O. The molecule has 0 radical (unpaired) electrons. The molecule has 0 aliphatic heterocycles. The smallest absolute Gasteiger partial charge is 0.372 e. The molecule has 1 N–H and O–H groups in total. The van der Waals surface area contributed by atoms with Gasteiger partial charge in [0.05, 0.1) is 6.20 Å². The Morgan fingerprint density at radius 3 is 2.37 bits per heavy atom. The van der Waals surface area contributed by atoms with E-state index < -0.39 is 6.18 Å². The molecule has 0 fully saturated rings. The van der Waals surface area contributed by atoms with Crippen molar-refractivity contribution in [2.75, 3.05) is 12.4 Å². The van der Waals surface area contributed by atoms with Crippen LogP contribution in [-0.4, -0.2) is 34.6 Å². The lowest BCUT2D eigenvalue weighted by Gasteiger charge is -1.89. The van der Waals surface area contributed by atoms with Gasteiger partial charge >= 0.3 is 6.18 Å². The van der Waals surface area contributed by atoms with Crippen LogP contribution in [0.5, 0.6) is 0 Å². The SMILES string of the molecule is C=O.CC(F)(F)F.CNc1cn2nc(Cl)ccc2n1. The molecule has 106 valence electrons. The van der Waals surface area contributed by atoms with Gasteiger partial charge in [-0.2, -0.15) is 18.3 Å². The number of anilines is 1. The van der Waals surface area contributed by atoms with Crippen molar-refractivity contribution >= 4 is 29.9 Å². The van der Waals surface area contributed by atoms with E-state index in [-0.39, 0.29) is 6.92 Å². The van der Waals surface area contributed by atoms with E-state index in [1.165, 1.54) is 0 Å². The maximum absolute atomic E-state index is 10.4. The summed E-state index contributed by atoms with van der Waals surface area (Å²) in [5.41, 5.74) is 0.781. The second-order valence-corrected chi connectivity index (χ2v) is 3.50. The summed E-state index contributed by atoms with van der Waals surface area (Å²) in [5.74, 6) is 0.782. The molecule has 0 saturated carbocycles. The molecule has 2 aromatic rings. The van der Waals surface area contributed by atoms with Crippen molar-refractivity contribution in [2.45, 2.75) is 13.1 Å². The van der Waals surface area contributed by atoms with Gasteiger partial charge in [0.15, 0.2) is 5.65 Å². The average molecular weight is 297 g/mol. The number of fused-ring (bicyclic) bond motifs is 1. The number of carbonyl (C=O) groups excluding carboxylic acids is 1. The van der Waals surface area contributed by atoms with Gasteiger partial charge in [-0.3, -0.25) is 0 Å². The van der Waals surface area contributed by atoms with E-state index in [1.807, 2.05) is 19.9 Å². The molecule has 0 unspecified atom stereocenters. The van der Waals surface area contributed by atoms with E-state index in [1.54, 1.807) is 16.8 Å². The molecule has 0 spiro atoms. The normalized spacial score (nSPS) is 10.0. The first-order valence-corrected chi connectivity index (χ1v) is 5.22. The third kappa shape index (κ3) is 7.24. The molecule has 0 amide bonds. The van der Waals surface area contributed by atoms with Crippen LogP contribution in [0.15, 0.2) is 18.3 Å². The number of nitrogens with one attached hydrogen (secondary N) is 1. The van der Waals surface area contributed by atoms with Crippen molar-refractivity contribution < 1.29 is 18.0 Å². The highest BCUT2D eigenvalue weighted by molar-refractivity contribution is 6.29. The van der Waals surface area contributed by atoms with Crippen molar-refractivity contribution in [3.63, 3.8) is 0 Å². The molecule has 0 aliphatic rings.